The van der Waals surface area contributed by atoms with Crippen molar-refractivity contribution in [1.82, 2.24) is 5.32 Å². The quantitative estimate of drug-likeness (QED) is 0.845. The monoisotopic (exact) mass is 271 g/mol. The minimum Gasteiger partial charge on any atom is -0.508 e. The van der Waals surface area contributed by atoms with Crippen LogP contribution in [0, 0.1) is 0 Å². The lowest BCUT2D eigenvalue weighted by Crippen LogP contribution is -2.21. The summed E-state index contributed by atoms with van der Waals surface area (Å²) in [6.45, 7) is 5.60. The molecule has 0 saturated carbocycles. The molecule has 0 amide bonds. The Bertz CT molecular complexity index is 535. The first kappa shape index (κ1) is 14.4. The van der Waals surface area contributed by atoms with E-state index < -0.39 is 0 Å². The molecule has 3 heteroatoms. The van der Waals surface area contributed by atoms with Gasteiger partial charge >= 0.3 is 0 Å². The number of hydrogen-bond donors (Lipinski definition) is 2. The number of ether oxygens (including phenoxy) is 1. The number of benzene rings is 2. The van der Waals surface area contributed by atoms with Gasteiger partial charge in [0.2, 0.25) is 0 Å². The van der Waals surface area contributed by atoms with Gasteiger partial charge in [-0.05, 0) is 35.4 Å². The average molecular weight is 271 g/mol. The molecule has 0 aliphatic rings. The Morgan fingerprint density at radius 2 is 1.80 bits per heavy atom. The Hall–Kier alpha value is -2.00. The van der Waals surface area contributed by atoms with Gasteiger partial charge in [0.1, 0.15) is 18.1 Å². The highest BCUT2D eigenvalue weighted by atomic mass is 16.5. The van der Waals surface area contributed by atoms with E-state index in [1.807, 2.05) is 24.3 Å². The number of aromatic hydroxyl groups is 1. The number of phenolic OH excluding ortho intramolecular Hbond substituents is 1. The molecule has 2 N–H and O–H groups in total. The van der Waals surface area contributed by atoms with Gasteiger partial charge in [0.25, 0.3) is 0 Å². The van der Waals surface area contributed by atoms with E-state index >= 15 is 0 Å². The Labute approximate surface area is 120 Å². The van der Waals surface area contributed by atoms with E-state index in [9.17, 15) is 5.11 Å². The fraction of sp³-hybridized carbons (Fsp3) is 0.294. The smallest absolute Gasteiger partial charge is 0.120 e. The fourth-order valence-electron chi connectivity index (χ4n) is 1.83. The summed E-state index contributed by atoms with van der Waals surface area (Å²) < 4.78 is 5.77. The second-order valence-electron chi connectivity index (χ2n) is 5.14. The van der Waals surface area contributed by atoms with Gasteiger partial charge in [0.15, 0.2) is 0 Å². The van der Waals surface area contributed by atoms with Gasteiger partial charge in [0, 0.05) is 12.6 Å². The molecule has 3 nitrogen and oxygen atoms in total. The van der Waals surface area contributed by atoms with Crippen molar-refractivity contribution in [3.05, 3.63) is 59.7 Å². The Morgan fingerprint density at radius 3 is 2.50 bits per heavy atom. The topological polar surface area (TPSA) is 41.5 Å². The molecule has 106 valence electrons. The van der Waals surface area contributed by atoms with Crippen LogP contribution in [0.3, 0.4) is 0 Å². The second kappa shape index (κ2) is 6.96. The van der Waals surface area contributed by atoms with Crippen molar-refractivity contribution in [2.75, 3.05) is 0 Å². The van der Waals surface area contributed by atoms with Crippen LogP contribution in [0.2, 0.25) is 0 Å². The van der Waals surface area contributed by atoms with E-state index in [1.54, 1.807) is 12.1 Å². The summed E-state index contributed by atoms with van der Waals surface area (Å²) >= 11 is 0. The molecule has 0 spiro atoms. The Kier molecular flexibility index (Phi) is 5.02. The Balaban J connectivity index is 1.92. The van der Waals surface area contributed by atoms with Gasteiger partial charge in [-0.3, -0.25) is 0 Å². The fourth-order valence-corrected chi connectivity index (χ4v) is 1.83. The number of nitrogens with one attached hydrogen (secondary N) is 1. The van der Waals surface area contributed by atoms with Crippen LogP contribution in [-0.2, 0) is 13.2 Å². The van der Waals surface area contributed by atoms with Gasteiger partial charge in [-0.25, -0.2) is 0 Å². The first-order valence-corrected chi connectivity index (χ1v) is 6.86. The van der Waals surface area contributed by atoms with Crippen LogP contribution in [0.15, 0.2) is 48.5 Å². The average Bonchev–Trinajstić information content (AvgIpc) is 2.45. The summed E-state index contributed by atoms with van der Waals surface area (Å²) in [5.74, 6) is 1.14. The van der Waals surface area contributed by atoms with Crippen molar-refractivity contribution in [3.63, 3.8) is 0 Å². The summed E-state index contributed by atoms with van der Waals surface area (Å²) in [7, 11) is 0. The highest BCUT2D eigenvalue weighted by Gasteiger charge is 2.00. The van der Waals surface area contributed by atoms with Crippen molar-refractivity contribution in [1.29, 1.82) is 0 Å². The minimum absolute atomic E-state index is 0.274. The van der Waals surface area contributed by atoms with Gasteiger partial charge in [-0.2, -0.15) is 0 Å². The molecule has 0 aliphatic heterocycles. The van der Waals surface area contributed by atoms with E-state index in [2.05, 4.69) is 31.3 Å². The number of rotatable bonds is 6. The third-order valence-corrected chi connectivity index (χ3v) is 2.95. The largest absolute Gasteiger partial charge is 0.508 e. The lowest BCUT2D eigenvalue weighted by atomic mass is 10.2. The molecule has 0 saturated heterocycles. The molecule has 20 heavy (non-hydrogen) atoms. The molecule has 2 rings (SSSR count). The van der Waals surface area contributed by atoms with Crippen molar-refractivity contribution in [2.24, 2.45) is 0 Å². The molecular formula is C17H21NO2. The van der Waals surface area contributed by atoms with Crippen LogP contribution < -0.4 is 10.1 Å². The van der Waals surface area contributed by atoms with Gasteiger partial charge in [-0.1, -0.05) is 38.1 Å². The van der Waals surface area contributed by atoms with Crippen LogP contribution in [0.5, 0.6) is 11.5 Å². The van der Waals surface area contributed by atoms with Crippen LogP contribution in [0.1, 0.15) is 25.0 Å². The predicted octanol–water partition coefficient (Wildman–Crippen LogP) is 3.47. The van der Waals surface area contributed by atoms with E-state index in [1.165, 1.54) is 5.56 Å². The molecule has 0 heterocycles. The summed E-state index contributed by atoms with van der Waals surface area (Å²) in [5, 5.41) is 12.6. The third-order valence-electron chi connectivity index (χ3n) is 2.95. The maximum atomic E-state index is 9.23. The summed E-state index contributed by atoms with van der Waals surface area (Å²) in [6.07, 6.45) is 0. The first-order chi connectivity index (χ1) is 9.63. The molecule has 0 aromatic heterocycles. The minimum atomic E-state index is 0.274. The van der Waals surface area contributed by atoms with Gasteiger partial charge in [0.05, 0.1) is 0 Å². The normalized spacial score (nSPS) is 10.8. The van der Waals surface area contributed by atoms with Gasteiger partial charge < -0.3 is 15.2 Å². The zero-order valence-electron chi connectivity index (χ0n) is 12.0. The standard InChI is InChI=1S/C17H21NO2/c1-13(2)18-11-15-4-3-5-17(10-15)20-12-14-6-8-16(19)9-7-14/h3-10,13,18-19H,11-12H2,1-2H3. The molecular weight excluding hydrogens is 250 g/mol. The van der Waals surface area contributed by atoms with Gasteiger partial charge in [-0.15, -0.1) is 0 Å². The molecule has 0 aliphatic carbocycles. The van der Waals surface area contributed by atoms with Crippen molar-refractivity contribution in [3.8, 4) is 11.5 Å². The van der Waals surface area contributed by atoms with E-state index in [4.69, 9.17) is 4.74 Å². The molecule has 0 unspecified atom stereocenters. The zero-order valence-corrected chi connectivity index (χ0v) is 12.0. The van der Waals surface area contributed by atoms with Crippen LogP contribution in [0.4, 0.5) is 0 Å². The molecule has 0 atom stereocenters. The van der Waals surface area contributed by atoms with Crippen molar-refractivity contribution >= 4 is 0 Å². The van der Waals surface area contributed by atoms with E-state index in [-0.39, 0.29) is 5.75 Å². The lowest BCUT2D eigenvalue weighted by molar-refractivity contribution is 0.305. The predicted molar refractivity (Wildman–Crippen MR) is 80.9 cm³/mol. The molecule has 0 bridgehead atoms. The highest BCUT2D eigenvalue weighted by molar-refractivity contribution is 5.30. The van der Waals surface area contributed by atoms with Crippen LogP contribution in [0.25, 0.3) is 0 Å². The van der Waals surface area contributed by atoms with Crippen molar-refractivity contribution in [2.45, 2.75) is 33.0 Å². The zero-order chi connectivity index (χ0) is 14.4. The summed E-state index contributed by atoms with van der Waals surface area (Å²) in [6, 6.07) is 15.6. The maximum absolute atomic E-state index is 9.23. The summed E-state index contributed by atoms with van der Waals surface area (Å²) in [5.41, 5.74) is 2.25. The number of phenols is 1. The van der Waals surface area contributed by atoms with E-state index in [0.29, 0.717) is 12.6 Å². The maximum Gasteiger partial charge on any atom is 0.120 e. The van der Waals surface area contributed by atoms with Crippen LogP contribution in [-0.4, -0.2) is 11.1 Å². The number of hydrogen-bond acceptors (Lipinski definition) is 3. The molecule has 0 fully saturated rings. The van der Waals surface area contributed by atoms with Crippen LogP contribution >= 0.6 is 0 Å². The third kappa shape index (κ3) is 4.59. The van der Waals surface area contributed by atoms with E-state index in [0.717, 1.165) is 17.9 Å². The molecule has 2 aromatic carbocycles. The second-order valence-corrected chi connectivity index (χ2v) is 5.14. The lowest BCUT2D eigenvalue weighted by Gasteiger charge is -2.10. The molecule has 0 radical (unpaired) electrons. The molecule has 2 aromatic rings. The summed E-state index contributed by atoms with van der Waals surface area (Å²) in [4.78, 5) is 0. The Morgan fingerprint density at radius 1 is 1.05 bits per heavy atom. The highest BCUT2D eigenvalue weighted by Crippen LogP contribution is 2.16. The first-order valence-electron chi connectivity index (χ1n) is 6.86. The van der Waals surface area contributed by atoms with Crippen molar-refractivity contribution < 1.29 is 9.84 Å². The SMILES string of the molecule is CC(C)NCc1cccc(OCc2ccc(O)cc2)c1.